The molecule has 0 fully saturated rings. The van der Waals surface area contributed by atoms with Gasteiger partial charge in [-0.05, 0) is 105 Å². The van der Waals surface area contributed by atoms with Crippen molar-refractivity contribution in [3.63, 3.8) is 0 Å². The Labute approximate surface area is 846 Å². The summed E-state index contributed by atoms with van der Waals surface area (Å²) in [5.74, 6) is 4.20. The number of ether oxygens (including phenoxy) is 33. The van der Waals surface area contributed by atoms with Crippen molar-refractivity contribution >= 4 is 0 Å². The highest BCUT2D eigenvalue weighted by molar-refractivity contribution is 5.42. The van der Waals surface area contributed by atoms with Gasteiger partial charge >= 0.3 is 0 Å². The minimum Gasteiger partial charge on any atom is -0.491 e. The molecule has 0 aliphatic carbocycles. The van der Waals surface area contributed by atoms with Crippen LogP contribution in [0.25, 0.3) is 0 Å². The molecule has 0 heterocycles. The van der Waals surface area contributed by atoms with Gasteiger partial charge in [0, 0.05) is 18.2 Å². The predicted octanol–water partition coefficient (Wildman–Crippen LogP) is 14.6. The molecule has 0 spiro atoms. The van der Waals surface area contributed by atoms with Crippen LogP contribution in [0.1, 0.15) is 140 Å². The van der Waals surface area contributed by atoms with E-state index < -0.39 is 0 Å². The summed E-state index contributed by atoms with van der Waals surface area (Å²) in [6, 6.07) is 30.6. The van der Waals surface area contributed by atoms with Crippen molar-refractivity contribution in [2.24, 2.45) is 16.2 Å². The highest BCUT2D eigenvalue weighted by Gasteiger charge is 2.30. The molecule has 0 unspecified atom stereocenters. The first-order valence-corrected chi connectivity index (χ1v) is 51.1. The monoisotopic (exact) mass is 2010 g/mol. The highest BCUT2D eigenvalue weighted by Crippen LogP contribution is 2.40. The van der Waals surface area contributed by atoms with Crippen LogP contribution in [0.5, 0.6) is 34.5 Å². The SMILES string of the molecule is CC(C)(C)CC(C)(C)c1ccc(OCCOCCOCCOCCOCCOCCOCCOCCOCCOCCOc2cc(OCCOCCOCCOCCOCCOCCOCCOCCOCCOCCOc3ccc(C(C)(C)CC(C)(C)C)cc3)cc(OCCOCCOCCOCCOCCOCCOCCOCCOCCOCCOc3ccc(C(C)(C)CC(C)(C)C)cc3)c2)cc1. The van der Waals surface area contributed by atoms with E-state index in [1.807, 2.05) is 36.4 Å². The third-order valence-corrected chi connectivity index (χ3v) is 20.6. The summed E-state index contributed by atoms with van der Waals surface area (Å²) >= 11 is 0. The number of rotatable bonds is 102. The second-order valence-electron chi connectivity index (χ2n) is 38.7. The maximum absolute atomic E-state index is 6.08. The molecule has 33 nitrogen and oxygen atoms in total. The van der Waals surface area contributed by atoms with Gasteiger partial charge in [0.25, 0.3) is 0 Å². The summed E-state index contributed by atoms with van der Waals surface area (Å²) in [5, 5.41) is 0. The standard InChI is InChI=1S/C108H186O33/c1-103(2,3)91-106(10,11)94-16-22-97(23-17-94)136-82-76-130-70-64-124-58-52-118-46-40-112-34-28-109-31-37-115-43-49-121-55-61-127-67-73-133-79-85-139-100-88-101(140-86-80-134-74-68-128-62-56-122-50-44-116-38-32-110-29-35-113-41-47-119-53-59-125-65-71-131-77-83-137-98-24-18-95(19-25-98)107(12,13)92-104(4,5)6)90-102(89-100)141-87-81-135-75-69-129-63-57-123-51-45-117-39-33-111-30-36-114-42-48-120-54-60-126-66-72-132-78-84-138-99-26-20-96(21-27-99)108(14,15)93-105(7,8)9/h16-27,88-90H,28-87,91-93H2,1-15H3. The molecule has 0 bridgehead atoms. The van der Waals surface area contributed by atoms with Crippen molar-refractivity contribution < 1.29 is 156 Å². The smallest absolute Gasteiger partial charge is 0.126 e. The molecule has 4 rings (SSSR count). The zero-order valence-electron chi connectivity index (χ0n) is 89.2. The minimum atomic E-state index is 0.0999. The van der Waals surface area contributed by atoms with Gasteiger partial charge in [0.15, 0.2) is 0 Å². The fraction of sp³-hybridized carbons (Fsp3) is 0.778. The fourth-order valence-electron chi connectivity index (χ4n) is 15.0. The summed E-state index contributed by atoms with van der Waals surface area (Å²) in [7, 11) is 0. The van der Waals surface area contributed by atoms with E-state index in [4.69, 9.17) is 156 Å². The quantitative estimate of drug-likeness (QED) is 0.0371. The van der Waals surface area contributed by atoms with Gasteiger partial charge in [0.1, 0.15) is 74.1 Å². The maximum atomic E-state index is 6.08. The molecule has 0 aliphatic rings. The predicted molar refractivity (Wildman–Crippen MR) is 542 cm³/mol. The average molecular weight is 2010 g/mol. The Morgan fingerprint density at radius 2 is 0.213 bits per heavy atom. The molecule has 33 heteroatoms. The molecule has 0 saturated heterocycles. The fourth-order valence-corrected chi connectivity index (χ4v) is 15.0. The van der Waals surface area contributed by atoms with Gasteiger partial charge < -0.3 is 156 Å². The molecular formula is C108H186O33. The molecule has 0 atom stereocenters. The van der Waals surface area contributed by atoms with Gasteiger partial charge in [-0.15, -0.1) is 0 Å². The number of hydrogen-bond acceptors (Lipinski definition) is 33. The van der Waals surface area contributed by atoms with E-state index in [1.165, 1.54) is 16.7 Å². The highest BCUT2D eigenvalue weighted by atomic mass is 16.6. The van der Waals surface area contributed by atoms with Gasteiger partial charge in [-0.1, -0.05) is 140 Å². The molecular weight excluding hydrogens is 1830 g/mol. The van der Waals surface area contributed by atoms with Crippen LogP contribution in [-0.4, -0.2) is 396 Å². The zero-order valence-corrected chi connectivity index (χ0v) is 89.2. The summed E-state index contributed by atoms with van der Waals surface area (Å²) in [6.07, 6.45) is 3.31. The molecule has 0 saturated carbocycles. The lowest BCUT2D eigenvalue weighted by Crippen LogP contribution is -2.24. The van der Waals surface area contributed by atoms with Crippen LogP contribution >= 0.6 is 0 Å². The van der Waals surface area contributed by atoms with E-state index in [-0.39, 0.29) is 52.3 Å². The Hall–Kier alpha value is -5.40. The van der Waals surface area contributed by atoms with Crippen molar-refractivity contribution in [1.82, 2.24) is 0 Å². The Bertz CT molecular complexity index is 3050. The lowest BCUT2D eigenvalue weighted by molar-refractivity contribution is -0.0258. The van der Waals surface area contributed by atoms with Gasteiger partial charge in [0.05, 0.1) is 357 Å². The summed E-state index contributed by atoms with van der Waals surface area (Å²) < 4.78 is 188. The molecule has 0 amide bonds. The van der Waals surface area contributed by atoms with Crippen LogP contribution < -0.4 is 28.4 Å². The second-order valence-corrected chi connectivity index (χ2v) is 38.7. The van der Waals surface area contributed by atoms with E-state index in [0.29, 0.717) is 394 Å². The van der Waals surface area contributed by atoms with Gasteiger partial charge in [-0.2, -0.15) is 0 Å². The first-order valence-electron chi connectivity index (χ1n) is 51.1. The van der Waals surface area contributed by atoms with Crippen LogP contribution in [0, 0.1) is 16.2 Å². The van der Waals surface area contributed by atoms with Crippen LogP contribution in [0.15, 0.2) is 91.0 Å². The zero-order chi connectivity index (χ0) is 102. The van der Waals surface area contributed by atoms with E-state index in [9.17, 15) is 0 Å². The lowest BCUT2D eigenvalue weighted by Gasteiger charge is -2.33. The average Bonchev–Trinajstić information content (AvgIpc) is 0.832. The molecule has 816 valence electrons. The summed E-state index contributed by atoms with van der Waals surface area (Å²) in [4.78, 5) is 0. The molecule has 4 aromatic rings. The van der Waals surface area contributed by atoms with Crippen molar-refractivity contribution in [3.8, 4) is 34.5 Å². The van der Waals surface area contributed by atoms with Gasteiger partial charge in [-0.3, -0.25) is 0 Å². The van der Waals surface area contributed by atoms with E-state index in [1.54, 1.807) is 18.2 Å². The van der Waals surface area contributed by atoms with Gasteiger partial charge in [-0.25, -0.2) is 0 Å². The molecule has 0 N–H and O–H groups in total. The van der Waals surface area contributed by atoms with Crippen LogP contribution in [0.4, 0.5) is 0 Å². The van der Waals surface area contributed by atoms with E-state index in [0.717, 1.165) is 36.5 Å². The maximum Gasteiger partial charge on any atom is 0.126 e. The molecule has 4 aromatic carbocycles. The second kappa shape index (κ2) is 84.5. The molecule has 0 radical (unpaired) electrons. The molecule has 0 aliphatic heterocycles. The third kappa shape index (κ3) is 77.6. The van der Waals surface area contributed by atoms with Crippen molar-refractivity contribution in [2.45, 2.75) is 139 Å². The number of hydrogen-bond donors (Lipinski definition) is 0. The first-order chi connectivity index (χ1) is 68.3. The Morgan fingerprint density at radius 1 is 0.121 bits per heavy atom. The normalized spacial score (nSPS) is 12.4. The van der Waals surface area contributed by atoms with Gasteiger partial charge in [0.2, 0.25) is 0 Å². The van der Waals surface area contributed by atoms with Crippen molar-refractivity contribution in [2.75, 3.05) is 396 Å². The van der Waals surface area contributed by atoms with E-state index >= 15 is 0 Å². The Kier molecular flexibility index (Phi) is 76.7. The van der Waals surface area contributed by atoms with E-state index in [2.05, 4.69) is 140 Å². The number of benzene rings is 4. The molecule has 0 aromatic heterocycles. The lowest BCUT2D eigenvalue weighted by atomic mass is 9.72. The Morgan fingerprint density at radius 3 is 0.312 bits per heavy atom. The van der Waals surface area contributed by atoms with Crippen LogP contribution in [0.3, 0.4) is 0 Å². The minimum absolute atomic E-state index is 0.0999. The first kappa shape index (κ1) is 128. The Balaban J connectivity index is 0.930. The van der Waals surface area contributed by atoms with Crippen LogP contribution in [-0.2, 0) is 144 Å². The van der Waals surface area contributed by atoms with Crippen molar-refractivity contribution in [3.05, 3.63) is 108 Å². The van der Waals surface area contributed by atoms with Crippen LogP contribution in [0.2, 0.25) is 0 Å². The topological polar surface area (TPSA) is 305 Å². The van der Waals surface area contributed by atoms with Crippen molar-refractivity contribution in [1.29, 1.82) is 0 Å². The summed E-state index contributed by atoms with van der Waals surface area (Å²) in [6.45, 7) is 61.1. The third-order valence-electron chi connectivity index (χ3n) is 20.6. The largest absolute Gasteiger partial charge is 0.491 e. The molecule has 141 heavy (non-hydrogen) atoms. The summed E-state index contributed by atoms with van der Waals surface area (Å²) in [5.41, 5.74) is 5.03.